The predicted octanol–water partition coefficient (Wildman–Crippen LogP) is 4.79. The molecule has 1 nitrogen and oxygen atoms in total. The maximum Gasteiger partial charge on any atom is 0.140 e. The maximum absolute atomic E-state index is 12.8. The van der Waals surface area contributed by atoms with Gasteiger partial charge in [-0.15, -0.1) is 0 Å². The van der Waals surface area contributed by atoms with Gasteiger partial charge in [-0.3, -0.25) is 4.79 Å². The quantitative estimate of drug-likeness (QED) is 0.775. The second-order valence-electron chi connectivity index (χ2n) is 7.18. The van der Waals surface area contributed by atoms with Gasteiger partial charge >= 0.3 is 0 Å². The highest BCUT2D eigenvalue weighted by Crippen LogP contribution is 2.40. The van der Waals surface area contributed by atoms with Gasteiger partial charge in [0.15, 0.2) is 0 Å². The molecule has 0 heterocycles. The lowest BCUT2D eigenvalue weighted by Gasteiger charge is -2.36. The smallest absolute Gasteiger partial charge is 0.140 e. The van der Waals surface area contributed by atoms with E-state index in [9.17, 15) is 9.18 Å². The molecule has 1 aromatic rings. The third kappa shape index (κ3) is 3.91. The summed E-state index contributed by atoms with van der Waals surface area (Å²) in [5.74, 6) is 1.02. The Bertz CT molecular complexity index is 447. The van der Waals surface area contributed by atoms with Crippen LogP contribution >= 0.6 is 0 Å². The molecule has 1 aromatic carbocycles. The number of hydrogen-bond donors (Lipinski definition) is 0. The highest BCUT2D eigenvalue weighted by atomic mass is 19.1. The highest BCUT2D eigenvalue weighted by Gasteiger charge is 2.32. The summed E-state index contributed by atoms with van der Waals surface area (Å²) >= 11 is 0. The van der Waals surface area contributed by atoms with Crippen LogP contribution in [0.15, 0.2) is 24.3 Å². The van der Waals surface area contributed by atoms with Crippen LogP contribution in [0.5, 0.6) is 0 Å². The van der Waals surface area contributed by atoms with Gasteiger partial charge in [-0.2, -0.15) is 0 Å². The molecule has 110 valence electrons. The third-order valence-corrected chi connectivity index (χ3v) is 4.70. The number of carbonyl (C=O) groups is 1. The van der Waals surface area contributed by atoms with Crippen molar-refractivity contribution < 1.29 is 9.18 Å². The lowest BCUT2D eigenvalue weighted by molar-refractivity contribution is -0.123. The fourth-order valence-corrected chi connectivity index (χ4v) is 3.23. The zero-order valence-corrected chi connectivity index (χ0v) is 12.8. The molecule has 0 saturated heterocycles. The fraction of sp³-hybridized carbons (Fsp3) is 0.611. The van der Waals surface area contributed by atoms with Crippen molar-refractivity contribution in [2.75, 3.05) is 0 Å². The van der Waals surface area contributed by atoms with Crippen LogP contribution in [0.4, 0.5) is 4.39 Å². The van der Waals surface area contributed by atoms with E-state index in [2.05, 4.69) is 20.8 Å². The number of carbonyl (C=O) groups excluding carboxylic acids is 1. The van der Waals surface area contributed by atoms with E-state index in [1.807, 2.05) is 0 Å². The summed E-state index contributed by atoms with van der Waals surface area (Å²) in [6.45, 7) is 6.87. The number of benzene rings is 1. The van der Waals surface area contributed by atoms with E-state index in [-0.39, 0.29) is 11.7 Å². The van der Waals surface area contributed by atoms with E-state index < -0.39 is 0 Å². The SMILES string of the molecule is CC(C)(C)C1CCC(C(=O)Cc2ccc(F)cc2)CC1. The molecule has 0 amide bonds. The van der Waals surface area contributed by atoms with E-state index in [1.165, 1.54) is 12.1 Å². The first-order valence-electron chi connectivity index (χ1n) is 7.63. The molecule has 0 bridgehead atoms. The minimum absolute atomic E-state index is 0.207. The van der Waals surface area contributed by atoms with Crippen LogP contribution in [0.25, 0.3) is 0 Å². The summed E-state index contributed by atoms with van der Waals surface area (Å²) in [6.07, 6.45) is 4.79. The van der Waals surface area contributed by atoms with Gasteiger partial charge < -0.3 is 0 Å². The Morgan fingerprint density at radius 3 is 2.15 bits per heavy atom. The highest BCUT2D eigenvalue weighted by molar-refractivity contribution is 5.83. The Morgan fingerprint density at radius 2 is 1.65 bits per heavy atom. The molecule has 1 aliphatic carbocycles. The molecule has 1 fully saturated rings. The van der Waals surface area contributed by atoms with Crippen LogP contribution in [-0.2, 0) is 11.2 Å². The molecule has 0 N–H and O–H groups in total. The molecule has 0 atom stereocenters. The van der Waals surface area contributed by atoms with E-state index in [4.69, 9.17) is 0 Å². The predicted molar refractivity (Wildman–Crippen MR) is 80.0 cm³/mol. The van der Waals surface area contributed by atoms with Crippen LogP contribution in [0.3, 0.4) is 0 Å². The summed E-state index contributed by atoms with van der Waals surface area (Å²) in [5.41, 5.74) is 1.28. The van der Waals surface area contributed by atoms with Gasteiger partial charge in [0.25, 0.3) is 0 Å². The van der Waals surface area contributed by atoms with Crippen LogP contribution in [0, 0.1) is 23.1 Å². The monoisotopic (exact) mass is 276 g/mol. The molecule has 0 radical (unpaired) electrons. The Morgan fingerprint density at radius 1 is 1.10 bits per heavy atom. The van der Waals surface area contributed by atoms with Gasteiger partial charge in [0.2, 0.25) is 0 Å². The summed E-state index contributed by atoms with van der Waals surface area (Å²) in [4.78, 5) is 12.3. The summed E-state index contributed by atoms with van der Waals surface area (Å²) in [5, 5.41) is 0. The molecule has 20 heavy (non-hydrogen) atoms. The molecule has 0 unspecified atom stereocenters. The van der Waals surface area contributed by atoms with Crippen molar-refractivity contribution in [3.05, 3.63) is 35.6 Å². The van der Waals surface area contributed by atoms with Crippen molar-refractivity contribution in [2.45, 2.75) is 52.9 Å². The Balaban J connectivity index is 1.87. The van der Waals surface area contributed by atoms with Crippen LogP contribution < -0.4 is 0 Å². The Hall–Kier alpha value is -1.18. The Labute approximate surface area is 121 Å². The number of halogens is 1. The second kappa shape index (κ2) is 6.07. The van der Waals surface area contributed by atoms with E-state index in [0.29, 0.717) is 17.6 Å². The first kappa shape index (κ1) is 15.2. The summed E-state index contributed by atoms with van der Waals surface area (Å²) in [7, 11) is 0. The minimum atomic E-state index is -0.244. The molecule has 1 saturated carbocycles. The zero-order valence-electron chi connectivity index (χ0n) is 12.8. The van der Waals surface area contributed by atoms with Crippen molar-refractivity contribution >= 4 is 5.78 Å². The first-order valence-corrected chi connectivity index (χ1v) is 7.63. The van der Waals surface area contributed by atoms with Gasteiger partial charge in [0, 0.05) is 12.3 Å². The lowest BCUT2D eigenvalue weighted by Crippen LogP contribution is -2.29. The maximum atomic E-state index is 12.8. The van der Waals surface area contributed by atoms with Crippen LogP contribution in [-0.4, -0.2) is 5.78 Å². The minimum Gasteiger partial charge on any atom is -0.299 e. The first-order chi connectivity index (χ1) is 9.36. The molecular formula is C18H25FO. The number of Topliss-reactive ketones (excluding diaryl/α,β-unsaturated/α-hetero) is 1. The summed E-state index contributed by atoms with van der Waals surface area (Å²) in [6, 6.07) is 6.29. The van der Waals surface area contributed by atoms with Crippen molar-refractivity contribution in [3.8, 4) is 0 Å². The van der Waals surface area contributed by atoms with Crippen molar-refractivity contribution in [3.63, 3.8) is 0 Å². The molecular weight excluding hydrogens is 251 g/mol. The second-order valence-corrected chi connectivity index (χ2v) is 7.18. The van der Waals surface area contributed by atoms with Gasteiger partial charge in [-0.05, 0) is 54.7 Å². The number of ketones is 1. The molecule has 0 aromatic heterocycles. The van der Waals surface area contributed by atoms with Crippen LogP contribution in [0.2, 0.25) is 0 Å². The van der Waals surface area contributed by atoms with Gasteiger partial charge in [-0.1, -0.05) is 32.9 Å². The molecule has 0 aliphatic heterocycles. The lowest BCUT2D eigenvalue weighted by atomic mass is 9.69. The topological polar surface area (TPSA) is 17.1 Å². The van der Waals surface area contributed by atoms with E-state index in [1.54, 1.807) is 12.1 Å². The van der Waals surface area contributed by atoms with Gasteiger partial charge in [0.1, 0.15) is 11.6 Å². The van der Waals surface area contributed by atoms with Crippen LogP contribution in [0.1, 0.15) is 52.0 Å². The molecule has 2 heteroatoms. The molecule has 0 spiro atoms. The van der Waals surface area contributed by atoms with Gasteiger partial charge in [-0.25, -0.2) is 4.39 Å². The van der Waals surface area contributed by atoms with Crippen molar-refractivity contribution in [1.29, 1.82) is 0 Å². The molecule has 2 rings (SSSR count). The number of hydrogen-bond acceptors (Lipinski definition) is 1. The fourth-order valence-electron chi connectivity index (χ4n) is 3.23. The Kier molecular flexibility index (Phi) is 4.62. The standard InChI is InChI=1S/C18H25FO/c1-18(2,3)15-8-6-14(7-9-15)17(20)12-13-4-10-16(19)11-5-13/h4-5,10-11,14-15H,6-9,12H2,1-3H3. The third-order valence-electron chi connectivity index (χ3n) is 4.70. The molecule has 1 aliphatic rings. The normalized spacial score (nSPS) is 23.6. The number of rotatable bonds is 3. The average Bonchev–Trinajstić information content (AvgIpc) is 2.40. The van der Waals surface area contributed by atoms with E-state index in [0.717, 1.165) is 37.2 Å². The zero-order chi connectivity index (χ0) is 14.8. The van der Waals surface area contributed by atoms with Crippen molar-refractivity contribution in [1.82, 2.24) is 0 Å². The van der Waals surface area contributed by atoms with E-state index >= 15 is 0 Å². The average molecular weight is 276 g/mol. The van der Waals surface area contributed by atoms with Crippen molar-refractivity contribution in [2.24, 2.45) is 17.3 Å². The van der Waals surface area contributed by atoms with Gasteiger partial charge in [0.05, 0.1) is 0 Å². The largest absolute Gasteiger partial charge is 0.299 e. The summed E-state index contributed by atoms with van der Waals surface area (Å²) < 4.78 is 12.8.